The molecule has 0 aliphatic carbocycles. The predicted octanol–water partition coefficient (Wildman–Crippen LogP) is 3.35. The maximum absolute atomic E-state index is 13.8. The molecule has 0 spiro atoms. The average Bonchev–Trinajstić information content (AvgIpc) is 2.68. The Kier molecular flexibility index (Phi) is 6.11. The molecule has 0 radical (unpaired) electrons. The average molecular weight is 408 g/mol. The topological polar surface area (TPSA) is 75.9 Å². The third kappa shape index (κ3) is 4.40. The normalized spacial score (nSPS) is 14.8. The molecule has 1 saturated heterocycles. The maximum Gasteiger partial charge on any atom is 0.283 e. The third-order valence-corrected chi connectivity index (χ3v) is 4.90. The van der Waals surface area contributed by atoms with Crippen LogP contribution in [0.1, 0.15) is 15.9 Å². The van der Waals surface area contributed by atoms with E-state index in [0.29, 0.717) is 32.7 Å². The van der Waals surface area contributed by atoms with Crippen molar-refractivity contribution in [2.45, 2.75) is 6.54 Å². The molecule has 7 nitrogen and oxygen atoms in total. The van der Waals surface area contributed by atoms with Gasteiger partial charge in [-0.2, -0.15) is 0 Å². The number of carbonyl (C=O) groups is 1. The summed E-state index contributed by atoms with van der Waals surface area (Å²) in [7, 11) is 1.42. The van der Waals surface area contributed by atoms with Crippen LogP contribution in [0.2, 0.25) is 5.02 Å². The van der Waals surface area contributed by atoms with E-state index in [1.54, 1.807) is 17.0 Å². The molecule has 1 heterocycles. The van der Waals surface area contributed by atoms with E-state index in [9.17, 15) is 19.3 Å². The van der Waals surface area contributed by atoms with Gasteiger partial charge in [-0.25, -0.2) is 4.39 Å². The molecule has 28 heavy (non-hydrogen) atoms. The Bertz CT molecular complexity index is 901. The summed E-state index contributed by atoms with van der Waals surface area (Å²) < 4.78 is 18.7. The van der Waals surface area contributed by atoms with Gasteiger partial charge < -0.3 is 9.64 Å². The third-order valence-electron chi connectivity index (χ3n) is 4.67. The Morgan fingerprint density at radius 2 is 1.93 bits per heavy atom. The van der Waals surface area contributed by atoms with Gasteiger partial charge in [0.05, 0.1) is 12.0 Å². The highest BCUT2D eigenvalue weighted by molar-refractivity contribution is 6.31. The largest absolute Gasteiger partial charge is 0.494 e. The summed E-state index contributed by atoms with van der Waals surface area (Å²) in [6.45, 7) is 2.57. The van der Waals surface area contributed by atoms with Crippen molar-refractivity contribution < 1.29 is 18.8 Å². The molecule has 0 aromatic heterocycles. The van der Waals surface area contributed by atoms with Gasteiger partial charge in [-0.15, -0.1) is 0 Å². The number of amides is 1. The molecule has 148 valence electrons. The lowest BCUT2D eigenvalue weighted by Crippen LogP contribution is -2.48. The Labute approximate surface area is 166 Å². The van der Waals surface area contributed by atoms with Crippen molar-refractivity contribution in [3.8, 4) is 5.75 Å². The highest BCUT2D eigenvalue weighted by atomic mass is 35.5. The van der Waals surface area contributed by atoms with Gasteiger partial charge in [0.25, 0.3) is 11.6 Å². The molecule has 2 aromatic carbocycles. The molecule has 0 atom stereocenters. The van der Waals surface area contributed by atoms with Gasteiger partial charge in [-0.1, -0.05) is 17.7 Å². The molecular formula is C19H19ClFN3O4. The lowest BCUT2D eigenvalue weighted by Gasteiger charge is -2.34. The van der Waals surface area contributed by atoms with Crippen molar-refractivity contribution in [3.63, 3.8) is 0 Å². The fraction of sp³-hybridized carbons (Fsp3) is 0.316. The first-order valence-electron chi connectivity index (χ1n) is 8.67. The summed E-state index contributed by atoms with van der Waals surface area (Å²) in [5, 5.41) is 11.4. The van der Waals surface area contributed by atoms with Crippen LogP contribution in [-0.4, -0.2) is 53.9 Å². The number of methoxy groups -OCH3 is 1. The number of hydrogen-bond donors (Lipinski definition) is 0. The van der Waals surface area contributed by atoms with Gasteiger partial charge in [0.1, 0.15) is 5.56 Å². The van der Waals surface area contributed by atoms with Gasteiger partial charge in [-0.3, -0.25) is 19.8 Å². The Hall–Kier alpha value is -2.71. The van der Waals surface area contributed by atoms with E-state index in [1.807, 2.05) is 0 Å². The Morgan fingerprint density at radius 1 is 1.21 bits per heavy atom. The first-order valence-corrected chi connectivity index (χ1v) is 9.05. The van der Waals surface area contributed by atoms with Crippen LogP contribution < -0.4 is 4.74 Å². The van der Waals surface area contributed by atoms with E-state index in [-0.39, 0.29) is 22.0 Å². The molecule has 1 fully saturated rings. The smallest absolute Gasteiger partial charge is 0.283 e. The standard InChI is InChI=1S/C19H19ClFN3O4/c1-28-18-5-2-13(10-16(18)21)12-22-6-8-23(9-7-22)19(25)15-4-3-14(20)11-17(15)24(26)27/h2-5,10-11H,6-9,12H2,1H3. The molecule has 0 unspecified atom stereocenters. The highest BCUT2D eigenvalue weighted by Crippen LogP contribution is 2.25. The summed E-state index contributed by atoms with van der Waals surface area (Å²) >= 11 is 5.81. The number of halogens is 2. The van der Waals surface area contributed by atoms with Crippen LogP contribution >= 0.6 is 11.6 Å². The van der Waals surface area contributed by atoms with Crippen molar-refractivity contribution in [3.05, 3.63) is 68.5 Å². The number of hydrogen-bond acceptors (Lipinski definition) is 5. The van der Waals surface area contributed by atoms with E-state index < -0.39 is 16.6 Å². The van der Waals surface area contributed by atoms with E-state index in [1.165, 1.54) is 31.4 Å². The molecule has 1 aliphatic heterocycles. The predicted molar refractivity (Wildman–Crippen MR) is 102 cm³/mol. The minimum absolute atomic E-state index is 0.0278. The van der Waals surface area contributed by atoms with Crippen molar-refractivity contribution in [1.82, 2.24) is 9.80 Å². The molecule has 1 aliphatic rings. The number of carbonyl (C=O) groups excluding carboxylic acids is 1. The van der Waals surface area contributed by atoms with Crippen LogP contribution in [0.3, 0.4) is 0 Å². The molecule has 3 rings (SSSR count). The fourth-order valence-electron chi connectivity index (χ4n) is 3.18. The van der Waals surface area contributed by atoms with Crippen molar-refractivity contribution >= 4 is 23.2 Å². The quantitative estimate of drug-likeness (QED) is 0.561. The van der Waals surface area contributed by atoms with Crippen LogP contribution in [0.5, 0.6) is 5.75 Å². The number of nitro groups is 1. The van der Waals surface area contributed by atoms with Crippen molar-refractivity contribution in [2.75, 3.05) is 33.3 Å². The molecule has 1 amide bonds. The first-order chi connectivity index (χ1) is 13.4. The monoisotopic (exact) mass is 407 g/mol. The molecule has 0 saturated carbocycles. The lowest BCUT2D eigenvalue weighted by molar-refractivity contribution is -0.385. The first kappa shape index (κ1) is 20.0. The summed E-state index contributed by atoms with van der Waals surface area (Å²) in [5.41, 5.74) is 0.542. The summed E-state index contributed by atoms with van der Waals surface area (Å²) in [6, 6.07) is 8.86. The van der Waals surface area contributed by atoms with Crippen LogP contribution in [0.15, 0.2) is 36.4 Å². The number of piperazine rings is 1. The highest BCUT2D eigenvalue weighted by Gasteiger charge is 2.27. The lowest BCUT2D eigenvalue weighted by atomic mass is 10.1. The molecular weight excluding hydrogens is 389 g/mol. The van der Waals surface area contributed by atoms with Crippen LogP contribution in [0, 0.1) is 15.9 Å². The SMILES string of the molecule is COc1ccc(CN2CCN(C(=O)c3ccc(Cl)cc3[N+](=O)[O-])CC2)cc1F. The van der Waals surface area contributed by atoms with E-state index in [0.717, 1.165) is 5.56 Å². The maximum atomic E-state index is 13.8. The number of ether oxygens (including phenoxy) is 1. The van der Waals surface area contributed by atoms with E-state index >= 15 is 0 Å². The van der Waals surface area contributed by atoms with E-state index in [2.05, 4.69) is 4.90 Å². The van der Waals surface area contributed by atoms with E-state index in [4.69, 9.17) is 16.3 Å². The van der Waals surface area contributed by atoms with Crippen molar-refractivity contribution in [1.29, 1.82) is 0 Å². The van der Waals surface area contributed by atoms with Crippen molar-refractivity contribution in [2.24, 2.45) is 0 Å². The van der Waals surface area contributed by atoms with Gasteiger partial charge in [0, 0.05) is 43.8 Å². The van der Waals surface area contributed by atoms with Gasteiger partial charge in [-0.05, 0) is 29.8 Å². The minimum Gasteiger partial charge on any atom is -0.494 e. The number of benzene rings is 2. The zero-order chi connectivity index (χ0) is 20.3. The molecule has 0 bridgehead atoms. The Morgan fingerprint density at radius 3 is 2.54 bits per heavy atom. The molecule has 9 heteroatoms. The number of rotatable bonds is 5. The van der Waals surface area contributed by atoms with Gasteiger partial charge >= 0.3 is 0 Å². The molecule has 0 N–H and O–H groups in total. The number of nitro benzene ring substituents is 1. The summed E-state index contributed by atoms with van der Waals surface area (Å²) in [6.07, 6.45) is 0. The second kappa shape index (κ2) is 8.53. The summed E-state index contributed by atoms with van der Waals surface area (Å²) in [5.74, 6) is -0.605. The Balaban J connectivity index is 1.63. The van der Waals surface area contributed by atoms with Crippen LogP contribution in [0.25, 0.3) is 0 Å². The number of nitrogens with zero attached hydrogens (tertiary/aromatic N) is 3. The fourth-order valence-corrected chi connectivity index (χ4v) is 3.35. The van der Waals surface area contributed by atoms with Gasteiger partial charge in [0.2, 0.25) is 0 Å². The van der Waals surface area contributed by atoms with Gasteiger partial charge in [0.15, 0.2) is 11.6 Å². The van der Waals surface area contributed by atoms with Crippen LogP contribution in [0.4, 0.5) is 10.1 Å². The second-order valence-corrected chi connectivity index (χ2v) is 6.89. The zero-order valence-corrected chi connectivity index (χ0v) is 16.0. The molecule has 2 aromatic rings. The summed E-state index contributed by atoms with van der Waals surface area (Å²) in [4.78, 5) is 27.0. The second-order valence-electron chi connectivity index (χ2n) is 6.46. The van der Waals surface area contributed by atoms with Crippen LogP contribution in [-0.2, 0) is 6.54 Å². The minimum atomic E-state index is -0.604. The zero-order valence-electron chi connectivity index (χ0n) is 15.2.